The van der Waals surface area contributed by atoms with Gasteiger partial charge >= 0.3 is 0 Å². The van der Waals surface area contributed by atoms with Gasteiger partial charge in [0.15, 0.2) is 0 Å². The van der Waals surface area contributed by atoms with Crippen LogP contribution in [0, 0.1) is 11.7 Å². The first-order valence-corrected chi connectivity index (χ1v) is 6.74. The zero-order chi connectivity index (χ0) is 11.5. The van der Waals surface area contributed by atoms with Gasteiger partial charge < -0.3 is 0 Å². The summed E-state index contributed by atoms with van der Waals surface area (Å²) in [6.07, 6.45) is 1.13. The van der Waals surface area contributed by atoms with Crippen LogP contribution in [-0.4, -0.2) is 23.9 Å². The lowest BCUT2D eigenvalue weighted by Crippen LogP contribution is -2.21. The molecule has 0 radical (unpaired) electrons. The van der Waals surface area contributed by atoms with Gasteiger partial charge in [-0.2, -0.15) is 0 Å². The highest BCUT2D eigenvalue weighted by atomic mass is 79.9. The molecule has 0 spiro atoms. The van der Waals surface area contributed by atoms with E-state index in [1.807, 2.05) is 12.1 Å². The number of rotatable bonds is 3. The first kappa shape index (κ1) is 12.3. The molecule has 1 fully saturated rings. The van der Waals surface area contributed by atoms with Crippen LogP contribution in [-0.2, 0) is 6.54 Å². The summed E-state index contributed by atoms with van der Waals surface area (Å²) in [6, 6.07) is 5.24. The predicted molar refractivity (Wildman–Crippen MR) is 68.2 cm³/mol. The molecule has 0 N–H and O–H groups in total. The van der Waals surface area contributed by atoms with Crippen LogP contribution in [0.1, 0.15) is 12.0 Å². The standard InChI is InChI=1S/C12H14BrClFN/c13-11-2-1-10(12(15)5-11)8-16-4-3-9(6-14)7-16/h1-2,5,9H,3-4,6-8H2. The zero-order valence-corrected chi connectivity index (χ0v) is 11.3. The van der Waals surface area contributed by atoms with Crippen molar-refractivity contribution in [2.75, 3.05) is 19.0 Å². The zero-order valence-electron chi connectivity index (χ0n) is 8.93. The molecular weight excluding hydrogens is 292 g/mol. The smallest absolute Gasteiger partial charge is 0.128 e. The normalized spacial score (nSPS) is 21.6. The number of hydrogen-bond donors (Lipinski definition) is 0. The molecule has 0 saturated carbocycles. The molecule has 1 nitrogen and oxygen atoms in total. The Labute approximate surface area is 109 Å². The van der Waals surface area contributed by atoms with E-state index in [4.69, 9.17) is 11.6 Å². The van der Waals surface area contributed by atoms with Gasteiger partial charge in [-0.25, -0.2) is 4.39 Å². The van der Waals surface area contributed by atoms with E-state index >= 15 is 0 Å². The average molecular weight is 307 g/mol. The SMILES string of the molecule is Fc1cc(Br)ccc1CN1CCC(CCl)C1. The van der Waals surface area contributed by atoms with Crippen LogP contribution in [0.4, 0.5) is 4.39 Å². The minimum Gasteiger partial charge on any atom is -0.299 e. The van der Waals surface area contributed by atoms with Crippen LogP contribution in [0.2, 0.25) is 0 Å². The van der Waals surface area contributed by atoms with Crippen molar-refractivity contribution in [2.45, 2.75) is 13.0 Å². The summed E-state index contributed by atoms with van der Waals surface area (Å²) in [7, 11) is 0. The van der Waals surface area contributed by atoms with Gasteiger partial charge in [0, 0.05) is 29.0 Å². The molecule has 1 saturated heterocycles. The summed E-state index contributed by atoms with van der Waals surface area (Å²) in [5, 5.41) is 0. The average Bonchev–Trinajstić information content (AvgIpc) is 2.70. The van der Waals surface area contributed by atoms with E-state index in [9.17, 15) is 4.39 Å². The molecule has 1 aliphatic rings. The second-order valence-corrected chi connectivity index (χ2v) is 5.50. The number of likely N-dealkylation sites (tertiary alicyclic amines) is 1. The molecule has 1 unspecified atom stereocenters. The van der Waals surface area contributed by atoms with Gasteiger partial charge in [-0.15, -0.1) is 11.6 Å². The second-order valence-electron chi connectivity index (χ2n) is 4.28. The first-order chi connectivity index (χ1) is 7.69. The summed E-state index contributed by atoms with van der Waals surface area (Å²) in [5.74, 6) is 1.14. The molecule has 0 bridgehead atoms. The lowest BCUT2D eigenvalue weighted by Gasteiger charge is -2.16. The number of halogens is 3. The maximum Gasteiger partial charge on any atom is 0.128 e. The summed E-state index contributed by atoms with van der Waals surface area (Å²) in [4.78, 5) is 2.26. The van der Waals surface area contributed by atoms with E-state index in [2.05, 4.69) is 20.8 Å². The third kappa shape index (κ3) is 2.96. The molecule has 0 amide bonds. The highest BCUT2D eigenvalue weighted by molar-refractivity contribution is 9.10. The van der Waals surface area contributed by atoms with Crippen molar-refractivity contribution in [1.82, 2.24) is 4.90 Å². The molecule has 0 aromatic heterocycles. The fourth-order valence-corrected chi connectivity index (χ4v) is 2.66. The number of hydrogen-bond acceptors (Lipinski definition) is 1. The molecule has 0 aliphatic carbocycles. The monoisotopic (exact) mass is 305 g/mol. The predicted octanol–water partition coefficient (Wildman–Crippen LogP) is 3.65. The fourth-order valence-electron chi connectivity index (χ4n) is 2.07. The molecule has 4 heteroatoms. The van der Waals surface area contributed by atoms with Crippen molar-refractivity contribution in [3.05, 3.63) is 34.1 Å². The van der Waals surface area contributed by atoms with E-state index in [1.54, 1.807) is 0 Å². The van der Waals surface area contributed by atoms with Crippen molar-refractivity contribution >= 4 is 27.5 Å². The quantitative estimate of drug-likeness (QED) is 0.771. The Morgan fingerprint density at radius 1 is 1.50 bits per heavy atom. The Bertz CT molecular complexity index is 372. The third-order valence-electron chi connectivity index (χ3n) is 3.00. The molecule has 1 aliphatic heterocycles. The molecule has 1 aromatic rings. The third-order valence-corrected chi connectivity index (χ3v) is 3.93. The van der Waals surface area contributed by atoms with Crippen LogP contribution in [0.5, 0.6) is 0 Å². The van der Waals surface area contributed by atoms with Crippen LogP contribution in [0.3, 0.4) is 0 Å². The van der Waals surface area contributed by atoms with Crippen LogP contribution >= 0.6 is 27.5 Å². The Hall–Kier alpha value is -0.120. The van der Waals surface area contributed by atoms with Crippen LogP contribution in [0.15, 0.2) is 22.7 Å². The van der Waals surface area contributed by atoms with E-state index < -0.39 is 0 Å². The molecule has 2 rings (SSSR count). The lowest BCUT2D eigenvalue weighted by atomic mass is 10.1. The minimum absolute atomic E-state index is 0.135. The topological polar surface area (TPSA) is 3.24 Å². The van der Waals surface area contributed by atoms with Crippen molar-refractivity contribution in [1.29, 1.82) is 0 Å². The largest absolute Gasteiger partial charge is 0.299 e. The van der Waals surface area contributed by atoms with Gasteiger partial charge in [0.2, 0.25) is 0 Å². The number of nitrogens with zero attached hydrogens (tertiary/aromatic N) is 1. The van der Waals surface area contributed by atoms with Crippen molar-refractivity contribution < 1.29 is 4.39 Å². The summed E-state index contributed by atoms with van der Waals surface area (Å²) < 4.78 is 14.4. The number of alkyl halides is 1. The van der Waals surface area contributed by atoms with E-state index in [0.29, 0.717) is 18.3 Å². The minimum atomic E-state index is -0.135. The second kappa shape index (κ2) is 5.48. The van der Waals surface area contributed by atoms with Crippen LogP contribution in [0.25, 0.3) is 0 Å². The van der Waals surface area contributed by atoms with Gasteiger partial charge in [0.1, 0.15) is 5.82 Å². The van der Waals surface area contributed by atoms with Gasteiger partial charge in [-0.3, -0.25) is 4.90 Å². The Balaban J connectivity index is 1.99. The van der Waals surface area contributed by atoms with Crippen LogP contribution < -0.4 is 0 Å². The van der Waals surface area contributed by atoms with Gasteiger partial charge in [-0.1, -0.05) is 22.0 Å². The highest BCUT2D eigenvalue weighted by Crippen LogP contribution is 2.22. The van der Waals surface area contributed by atoms with Gasteiger partial charge in [0.25, 0.3) is 0 Å². The van der Waals surface area contributed by atoms with Crippen molar-refractivity contribution in [3.8, 4) is 0 Å². The Kier molecular flexibility index (Phi) is 4.22. The van der Waals surface area contributed by atoms with Crippen molar-refractivity contribution in [3.63, 3.8) is 0 Å². The van der Waals surface area contributed by atoms with Crippen molar-refractivity contribution in [2.24, 2.45) is 5.92 Å². The Morgan fingerprint density at radius 3 is 2.94 bits per heavy atom. The van der Waals surface area contributed by atoms with E-state index in [-0.39, 0.29) is 5.82 Å². The van der Waals surface area contributed by atoms with E-state index in [1.165, 1.54) is 6.07 Å². The fraction of sp³-hybridized carbons (Fsp3) is 0.500. The maximum absolute atomic E-state index is 13.6. The first-order valence-electron chi connectivity index (χ1n) is 5.41. The summed E-state index contributed by atoms with van der Waals surface area (Å²) in [6.45, 7) is 2.69. The van der Waals surface area contributed by atoms with E-state index in [0.717, 1.165) is 29.5 Å². The Morgan fingerprint density at radius 2 is 2.31 bits per heavy atom. The number of benzene rings is 1. The molecule has 1 aromatic carbocycles. The van der Waals surface area contributed by atoms with Gasteiger partial charge in [-0.05, 0) is 31.0 Å². The summed E-state index contributed by atoms with van der Waals surface area (Å²) >= 11 is 9.08. The summed E-state index contributed by atoms with van der Waals surface area (Å²) in [5.41, 5.74) is 0.762. The molecule has 1 atom stereocenters. The lowest BCUT2D eigenvalue weighted by molar-refractivity contribution is 0.315. The maximum atomic E-state index is 13.6. The molecular formula is C12H14BrClFN. The van der Waals surface area contributed by atoms with Gasteiger partial charge in [0.05, 0.1) is 0 Å². The highest BCUT2D eigenvalue weighted by Gasteiger charge is 2.22. The molecule has 88 valence electrons. The molecule has 1 heterocycles. The molecule has 16 heavy (non-hydrogen) atoms.